The average molecular weight is 353 g/mol. The number of hydrogen-bond donors (Lipinski definition) is 1. The van der Waals surface area contributed by atoms with Crippen LogP contribution in [0.2, 0.25) is 0 Å². The summed E-state index contributed by atoms with van der Waals surface area (Å²) in [6.07, 6.45) is 21.1. The molecular weight excluding hydrogens is 312 g/mol. The fourth-order valence-corrected chi connectivity index (χ4v) is 3.62. The maximum Gasteiger partial charge on any atom is 0.306 e. The van der Waals surface area contributed by atoms with E-state index in [1.807, 2.05) is 0 Å². The Morgan fingerprint density at radius 2 is 1.68 bits per heavy atom. The molecule has 0 aromatic heterocycles. The highest BCUT2D eigenvalue weighted by Gasteiger charge is 2.23. The third kappa shape index (κ3) is 12.2. The lowest BCUT2D eigenvalue weighted by molar-refractivity contribution is -0.151. The number of aliphatic hydroxyl groups is 1. The molecule has 3 heteroatoms. The molecule has 1 aliphatic rings. The molecule has 0 heterocycles. The van der Waals surface area contributed by atoms with Crippen LogP contribution in [0.1, 0.15) is 103 Å². The predicted octanol–water partition coefficient (Wildman–Crippen LogP) is 5.95. The van der Waals surface area contributed by atoms with Crippen molar-refractivity contribution in [1.29, 1.82) is 0 Å². The van der Waals surface area contributed by atoms with E-state index in [1.54, 1.807) is 0 Å². The second-order valence-electron chi connectivity index (χ2n) is 7.56. The number of aliphatic hydroxyl groups excluding tert-OH is 1. The summed E-state index contributed by atoms with van der Waals surface area (Å²) in [5.41, 5.74) is 0. The summed E-state index contributed by atoms with van der Waals surface area (Å²) in [5, 5.41) is 8.69. The zero-order valence-corrected chi connectivity index (χ0v) is 16.4. The summed E-state index contributed by atoms with van der Waals surface area (Å²) < 4.78 is 5.66. The Balaban J connectivity index is 1.96. The quantitative estimate of drug-likeness (QED) is 0.239. The number of esters is 1. The van der Waals surface area contributed by atoms with Gasteiger partial charge in [0.1, 0.15) is 6.10 Å². The van der Waals surface area contributed by atoms with Crippen molar-refractivity contribution in [3.05, 3.63) is 12.2 Å². The van der Waals surface area contributed by atoms with Gasteiger partial charge in [-0.3, -0.25) is 4.79 Å². The molecule has 0 bridgehead atoms. The molecule has 0 saturated heterocycles. The minimum absolute atomic E-state index is 0.00733. The summed E-state index contributed by atoms with van der Waals surface area (Å²) in [5.74, 6) is 0.875. The summed E-state index contributed by atoms with van der Waals surface area (Å²) >= 11 is 0. The highest BCUT2D eigenvalue weighted by molar-refractivity contribution is 5.69. The van der Waals surface area contributed by atoms with Gasteiger partial charge in [0.2, 0.25) is 0 Å². The van der Waals surface area contributed by atoms with Crippen LogP contribution < -0.4 is 0 Å². The minimum Gasteiger partial charge on any atom is -0.462 e. The van der Waals surface area contributed by atoms with Crippen LogP contribution >= 0.6 is 0 Å². The first kappa shape index (κ1) is 22.2. The molecular formula is C22H40O3. The van der Waals surface area contributed by atoms with E-state index in [9.17, 15) is 4.79 Å². The fourth-order valence-electron chi connectivity index (χ4n) is 3.62. The van der Waals surface area contributed by atoms with Crippen molar-refractivity contribution in [3.63, 3.8) is 0 Å². The largest absolute Gasteiger partial charge is 0.462 e. The molecule has 25 heavy (non-hydrogen) atoms. The highest BCUT2D eigenvalue weighted by atomic mass is 16.5. The topological polar surface area (TPSA) is 46.5 Å². The van der Waals surface area contributed by atoms with Gasteiger partial charge in [-0.25, -0.2) is 0 Å². The fraction of sp³-hybridized carbons (Fsp3) is 0.864. The van der Waals surface area contributed by atoms with Gasteiger partial charge in [0.15, 0.2) is 0 Å². The lowest BCUT2D eigenvalue weighted by atomic mass is 9.84. The predicted molar refractivity (Wildman–Crippen MR) is 105 cm³/mol. The molecule has 0 aromatic carbocycles. The molecule has 1 rings (SSSR count). The van der Waals surface area contributed by atoms with Gasteiger partial charge in [-0.1, -0.05) is 51.2 Å². The van der Waals surface area contributed by atoms with Gasteiger partial charge in [-0.2, -0.15) is 0 Å². The number of carbonyl (C=O) groups is 1. The van der Waals surface area contributed by atoms with Crippen LogP contribution in [-0.4, -0.2) is 23.8 Å². The third-order valence-electron chi connectivity index (χ3n) is 5.26. The first-order valence-corrected chi connectivity index (χ1v) is 10.7. The first-order valence-electron chi connectivity index (χ1n) is 10.7. The van der Waals surface area contributed by atoms with Gasteiger partial charge in [-0.05, 0) is 63.7 Å². The molecule has 1 N–H and O–H groups in total. The molecule has 0 atom stereocenters. The van der Waals surface area contributed by atoms with Crippen LogP contribution in [0.4, 0.5) is 0 Å². The standard InChI is InChI=1S/C22H40O3/c1-2-3-10-13-20-15-17-21(18-16-20)25-22(24)14-11-8-6-4-5-7-9-12-19-23/h5,7,20-21,23H,2-4,6,8-19H2,1H3/b7-5+. The number of unbranched alkanes of at least 4 members (excludes halogenated alkanes) is 6. The lowest BCUT2D eigenvalue weighted by Crippen LogP contribution is -2.24. The van der Waals surface area contributed by atoms with Crippen LogP contribution in [0, 0.1) is 5.92 Å². The SMILES string of the molecule is CCCCCC1CCC(OC(=O)CCCCC/C=C/CCCO)CC1. The monoisotopic (exact) mass is 352 g/mol. The molecule has 3 nitrogen and oxygen atoms in total. The van der Waals surface area contributed by atoms with Crippen molar-refractivity contribution >= 4 is 5.97 Å². The van der Waals surface area contributed by atoms with Gasteiger partial charge in [0, 0.05) is 13.0 Å². The smallest absolute Gasteiger partial charge is 0.306 e. The summed E-state index contributed by atoms with van der Waals surface area (Å²) in [7, 11) is 0. The summed E-state index contributed by atoms with van der Waals surface area (Å²) in [4.78, 5) is 12.0. The maximum absolute atomic E-state index is 12.0. The molecule has 1 fully saturated rings. The molecule has 0 amide bonds. The molecule has 1 saturated carbocycles. The molecule has 0 aliphatic heterocycles. The van der Waals surface area contributed by atoms with Crippen molar-refractivity contribution in [2.75, 3.05) is 6.61 Å². The molecule has 0 radical (unpaired) electrons. The van der Waals surface area contributed by atoms with Crippen molar-refractivity contribution in [3.8, 4) is 0 Å². The molecule has 0 spiro atoms. The first-order chi connectivity index (χ1) is 12.3. The van der Waals surface area contributed by atoms with E-state index in [0.717, 1.165) is 57.3 Å². The Bertz CT molecular complexity index is 343. The van der Waals surface area contributed by atoms with E-state index in [2.05, 4.69) is 19.1 Å². The van der Waals surface area contributed by atoms with Crippen molar-refractivity contribution in [1.82, 2.24) is 0 Å². The van der Waals surface area contributed by atoms with Crippen molar-refractivity contribution in [2.24, 2.45) is 5.92 Å². The van der Waals surface area contributed by atoms with Gasteiger partial charge >= 0.3 is 5.97 Å². The van der Waals surface area contributed by atoms with E-state index >= 15 is 0 Å². The maximum atomic E-state index is 12.0. The third-order valence-corrected chi connectivity index (χ3v) is 5.26. The van der Waals surface area contributed by atoms with E-state index < -0.39 is 0 Å². The lowest BCUT2D eigenvalue weighted by Gasteiger charge is -2.28. The van der Waals surface area contributed by atoms with Gasteiger partial charge in [-0.15, -0.1) is 0 Å². The van der Waals surface area contributed by atoms with E-state index in [-0.39, 0.29) is 18.7 Å². The molecule has 146 valence electrons. The summed E-state index contributed by atoms with van der Waals surface area (Å²) in [6, 6.07) is 0. The highest BCUT2D eigenvalue weighted by Crippen LogP contribution is 2.30. The number of hydrogen-bond acceptors (Lipinski definition) is 3. The molecule has 0 aromatic rings. The van der Waals surface area contributed by atoms with Gasteiger partial charge in [0.25, 0.3) is 0 Å². The normalized spacial score (nSPS) is 20.9. The Morgan fingerprint density at radius 3 is 2.36 bits per heavy atom. The Morgan fingerprint density at radius 1 is 0.960 bits per heavy atom. The van der Waals surface area contributed by atoms with Crippen LogP contribution in [0.15, 0.2) is 12.2 Å². The zero-order chi connectivity index (χ0) is 18.2. The van der Waals surface area contributed by atoms with Crippen LogP contribution in [0.5, 0.6) is 0 Å². The number of rotatable bonds is 14. The van der Waals surface area contributed by atoms with Crippen LogP contribution in [-0.2, 0) is 9.53 Å². The zero-order valence-electron chi connectivity index (χ0n) is 16.4. The van der Waals surface area contributed by atoms with Gasteiger partial charge in [0.05, 0.1) is 0 Å². The number of ether oxygens (including phenoxy) is 1. The average Bonchev–Trinajstić information content (AvgIpc) is 2.62. The van der Waals surface area contributed by atoms with Crippen LogP contribution in [0.3, 0.4) is 0 Å². The number of allylic oxidation sites excluding steroid dienone is 2. The van der Waals surface area contributed by atoms with Crippen LogP contribution in [0.25, 0.3) is 0 Å². The van der Waals surface area contributed by atoms with Crippen molar-refractivity contribution in [2.45, 2.75) is 109 Å². The van der Waals surface area contributed by atoms with Crippen molar-refractivity contribution < 1.29 is 14.6 Å². The Kier molecular flexibility index (Phi) is 13.7. The van der Waals surface area contributed by atoms with E-state index in [0.29, 0.717) is 6.42 Å². The van der Waals surface area contributed by atoms with Gasteiger partial charge < -0.3 is 9.84 Å². The number of carbonyl (C=O) groups excluding carboxylic acids is 1. The Hall–Kier alpha value is -0.830. The molecule has 1 aliphatic carbocycles. The second kappa shape index (κ2) is 15.4. The van der Waals surface area contributed by atoms with E-state index in [4.69, 9.17) is 9.84 Å². The Labute approximate surface area is 155 Å². The second-order valence-corrected chi connectivity index (χ2v) is 7.56. The minimum atomic E-state index is 0.00733. The summed E-state index contributed by atoms with van der Waals surface area (Å²) in [6.45, 7) is 2.53. The van der Waals surface area contributed by atoms with E-state index in [1.165, 1.54) is 38.5 Å². The molecule has 0 unspecified atom stereocenters.